The molecule has 0 N–H and O–H groups in total. The zero-order valence-electron chi connectivity index (χ0n) is 15.1. The average molecular weight is 378 g/mol. The second-order valence-corrected chi connectivity index (χ2v) is 6.76. The number of imide groups is 1. The van der Waals surface area contributed by atoms with E-state index in [0.29, 0.717) is 6.42 Å². The maximum Gasteiger partial charge on any atom is 0.416 e. The summed E-state index contributed by atoms with van der Waals surface area (Å²) in [6, 6.07) is 17.3. The lowest BCUT2D eigenvalue weighted by atomic mass is 10.1. The van der Waals surface area contributed by atoms with Crippen LogP contribution in [0, 0.1) is 5.82 Å². The average Bonchev–Trinajstić information content (AvgIpc) is 3.30. The molecule has 0 bridgehead atoms. The van der Waals surface area contributed by atoms with Crippen molar-refractivity contribution in [2.75, 3.05) is 6.61 Å². The highest BCUT2D eigenvalue weighted by molar-refractivity contribution is 5.94. The quantitative estimate of drug-likeness (QED) is 0.679. The third kappa shape index (κ3) is 3.81. The maximum atomic E-state index is 13.1. The summed E-state index contributed by atoms with van der Waals surface area (Å²) in [4.78, 5) is 26.1. The fourth-order valence-corrected chi connectivity index (χ4v) is 3.38. The molecule has 1 saturated heterocycles. The molecule has 4 rings (SSSR count). The van der Waals surface area contributed by atoms with Crippen molar-refractivity contribution in [3.8, 4) is 5.69 Å². The van der Waals surface area contributed by atoms with Gasteiger partial charge in [-0.25, -0.2) is 14.1 Å². The number of cyclic esters (lactones) is 1. The fraction of sp³-hybridized carbons (Fsp3) is 0.182. The summed E-state index contributed by atoms with van der Waals surface area (Å²) in [5.74, 6) is -0.594. The van der Waals surface area contributed by atoms with Gasteiger partial charge in [0.15, 0.2) is 0 Å². The number of nitrogens with zero attached hydrogens (tertiary/aromatic N) is 2. The third-order valence-electron chi connectivity index (χ3n) is 4.78. The van der Waals surface area contributed by atoms with E-state index in [0.717, 1.165) is 16.8 Å². The van der Waals surface area contributed by atoms with Gasteiger partial charge < -0.3 is 9.30 Å². The maximum absolute atomic E-state index is 13.1. The minimum Gasteiger partial charge on any atom is -0.447 e. The van der Waals surface area contributed by atoms with Crippen molar-refractivity contribution in [1.82, 2.24) is 9.47 Å². The summed E-state index contributed by atoms with van der Waals surface area (Å²) in [5.41, 5.74) is 2.61. The monoisotopic (exact) mass is 378 g/mol. The van der Waals surface area contributed by atoms with Crippen molar-refractivity contribution >= 4 is 12.0 Å². The van der Waals surface area contributed by atoms with Gasteiger partial charge in [-0.05, 0) is 47.9 Å². The summed E-state index contributed by atoms with van der Waals surface area (Å²) >= 11 is 0. The molecule has 2 amide bonds. The SMILES string of the molecule is O=C(Cc1ccn(-c2ccc(F)cc2)c1)N1C(=O)OC[C@@H]1Cc1ccccc1. The molecule has 2 heterocycles. The zero-order chi connectivity index (χ0) is 19.5. The number of hydrogen-bond donors (Lipinski definition) is 0. The summed E-state index contributed by atoms with van der Waals surface area (Å²) in [5, 5.41) is 0. The summed E-state index contributed by atoms with van der Waals surface area (Å²) < 4.78 is 20.0. The fourth-order valence-electron chi connectivity index (χ4n) is 3.38. The molecule has 1 atom stereocenters. The van der Waals surface area contributed by atoms with E-state index in [9.17, 15) is 14.0 Å². The van der Waals surface area contributed by atoms with Gasteiger partial charge in [0.1, 0.15) is 12.4 Å². The second kappa shape index (κ2) is 7.68. The van der Waals surface area contributed by atoms with Crippen LogP contribution in [0.5, 0.6) is 0 Å². The molecule has 0 radical (unpaired) electrons. The van der Waals surface area contributed by atoms with Crippen LogP contribution in [0.4, 0.5) is 9.18 Å². The summed E-state index contributed by atoms with van der Waals surface area (Å²) in [6.07, 6.45) is 3.67. The van der Waals surface area contributed by atoms with E-state index >= 15 is 0 Å². The number of halogens is 1. The molecule has 1 aromatic heterocycles. The Balaban J connectivity index is 1.46. The van der Waals surface area contributed by atoms with Crippen LogP contribution in [-0.4, -0.2) is 34.1 Å². The molecule has 142 valence electrons. The first-order chi connectivity index (χ1) is 13.6. The Kier molecular flexibility index (Phi) is 4.93. The van der Waals surface area contributed by atoms with Gasteiger partial charge in [-0.3, -0.25) is 4.79 Å². The predicted molar refractivity (Wildman–Crippen MR) is 102 cm³/mol. The molecule has 0 unspecified atom stereocenters. The zero-order valence-corrected chi connectivity index (χ0v) is 15.1. The predicted octanol–water partition coefficient (Wildman–Crippen LogP) is 3.75. The van der Waals surface area contributed by atoms with Crippen LogP contribution >= 0.6 is 0 Å². The van der Waals surface area contributed by atoms with Crippen molar-refractivity contribution < 1.29 is 18.7 Å². The van der Waals surface area contributed by atoms with E-state index in [1.807, 2.05) is 41.0 Å². The minimum atomic E-state index is -0.594. The van der Waals surface area contributed by atoms with Crippen LogP contribution in [0.15, 0.2) is 73.1 Å². The summed E-state index contributed by atoms with van der Waals surface area (Å²) in [6.45, 7) is 0.204. The number of carbonyl (C=O) groups excluding carboxylic acids is 2. The van der Waals surface area contributed by atoms with Crippen molar-refractivity contribution in [3.63, 3.8) is 0 Å². The van der Waals surface area contributed by atoms with Crippen LogP contribution in [0.3, 0.4) is 0 Å². The first kappa shape index (κ1) is 18.0. The Hall–Kier alpha value is -3.41. The van der Waals surface area contributed by atoms with E-state index in [2.05, 4.69) is 0 Å². The Labute approximate surface area is 162 Å². The standard InChI is InChI=1S/C22H19FN2O3/c23-18-6-8-19(9-7-18)24-11-10-17(14-24)13-21(26)25-20(15-28-22(25)27)12-16-4-2-1-3-5-16/h1-11,14,20H,12-13,15H2/t20-/m0/s1. The molecule has 28 heavy (non-hydrogen) atoms. The van der Waals surface area contributed by atoms with Crippen molar-refractivity contribution in [2.45, 2.75) is 18.9 Å². The highest BCUT2D eigenvalue weighted by Crippen LogP contribution is 2.20. The lowest BCUT2D eigenvalue weighted by Gasteiger charge is -2.19. The molecule has 0 saturated carbocycles. The van der Waals surface area contributed by atoms with Gasteiger partial charge in [-0.1, -0.05) is 30.3 Å². The molecule has 3 aromatic rings. The molecule has 6 heteroatoms. The van der Waals surface area contributed by atoms with E-state index in [-0.39, 0.29) is 30.8 Å². The third-order valence-corrected chi connectivity index (χ3v) is 4.78. The lowest BCUT2D eigenvalue weighted by Crippen LogP contribution is -2.41. The van der Waals surface area contributed by atoms with E-state index in [1.54, 1.807) is 24.5 Å². The van der Waals surface area contributed by atoms with Crippen LogP contribution in [0.1, 0.15) is 11.1 Å². The molecule has 2 aromatic carbocycles. The topological polar surface area (TPSA) is 51.5 Å². The van der Waals surface area contributed by atoms with Gasteiger partial charge in [0.25, 0.3) is 0 Å². The van der Waals surface area contributed by atoms with Crippen LogP contribution in [0.25, 0.3) is 5.69 Å². The Morgan fingerprint density at radius 3 is 2.54 bits per heavy atom. The molecular formula is C22H19FN2O3. The smallest absolute Gasteiger partial charge is 0.416 e. The van der Waals surface area contributed by atoms with Crippen molar-refractivity contribution in [2.24, 2.45) is 0 Å². The largest absolute Gasteiger partial charge is 0.447 e. The van der Waals surface area contributed by atoms with Crippen molar-refractivity contribution in [1.29, 1.82) is 0 Å². The minimum absolute atomic E-state index is 0.0918. The Morgan fingerprint density at radius 1 is 1.04 bits per heavy atom. The van der Waals surface area contributed by atoms with Crippen LogP contribution in [0.2, 0.25) is 0 Å². The highest BCUT2D eigenvalue weighted by atomic mass is 19.1. The second-order valence-electron chi connectivity index (χ2n) is 6.76. The van der Waals surface area contributed by atoms with Gasteiger partial charge in [-0.15, -0.1) is 0 Å². The van der Waals surface area contributed by atoms with E-state index < -0.39 is 6.09 Å². The number of carbonyl (C=O) groups is 2. The van der Waals surface area contributed by atoms with Gasteiger partial charge in [0.2, 0.25) is 5.91 Å². The summed E-state index contributed by atoms with van der Waals surface area (Å²) in [7, 11) is 0. The van der Waals surface area contributed by atoms with Gasteiger partial charge in [-0.2, -0.15) is 0 Å². The molecular weight excluding hydrogens is 359 g/mol. The number of hydrogen-bond acceptors (Lipinski definition) is 3. The van der Waals surface area contributed by atoms with Gasteiger partial charge in [0.05, 0.1) is 12.5 Å². The molecule has 0 spiro atoms. The molecule has 1 fully saturated rings. The number of rotatable bonds is 5. The van der Waals surface area contributed by atoms with Crippen molar-refractivity contribution in [3.05, 3.63) is 90.0 Å². The Bertz CT molecular complexity index is 983. The van der Waals surface area contributed by atoms with E-state index in [1.165, 1.54) is 17.0 Å². The highest BCUT2D eigenvalue weighted by Gasteiger charge is 2.37. The molecule has 1 aliphatic heterocycles. The number of aromatic nitrogens is 1. The number of ether oxygens (including phenoxy) is 1. The molecule has 1 aliphatic rings. The first-order valence-corrected chi connectivity index (χ1v) is 9.06. The normalized spacial score (nSPS) is 16.2. The number of amides is 2. The molecule has 0 aliphatic carbocycles. The molecule has 5 nitrogen and oxygen atoms in total. The first-order valence-electron chi connectivity index (χ1n) is 9.06. The number of benzene rings is 2. The van der Waals surface area contributed by atoms with Crippen LogP contribution < -0.4 is 0 Å². The lowest BCUT2D eigenvalue weighted by molar-refractivity contribution is -0.128. The van der Waals surface area contributed by atoms with Gasteiger partial charge >= 0.3 is 6.09 Å². The van der Waals surface area contributed by atoms with E-state index in [4.69, 9.17) is 4.74 Å². The van der Waals surface area contributed by atoms with Gasteiger partial charge in [0, 0.05) is 18.1 Å². The Morgan fingerprint density at radius 2 is 1.79 bits per heavy atom. The van der Waals surface area contributed by atoms with Crippen LogP contribution in [-0.2, 0) is 22.4 Å².